The summed E-state index contributed by atoms with van der Waals surface area (Å²) < 4.78 is 26.9. The Balaban J connectivity index is 3.52. The molecule has 0 saturated carbocycles. The van der Waals surface area contributed by atoms with Crippen LogP contribution >= 0.6 is 11.6 Å². The van der Waals surface area contributed by atoms with Gasteiger partial charge < -0.3 is 0 Å². The Kier molecular flexibility index (Phi) is 3.43. The molecule has 0 unspecified atom stereocenters. The maximum atomic E-state index is 13.5. The van der Waals surface area contributed by atoms with Gasteiger partial charge in [-0.25, -0.2) is 8.78 Å². The van der Waals surface area contributed by atoms with E-state index in [4.69, 9.17) is 16.9 Å². The second kappa shape index (κ2) is 4.41. The van der Waals surface area contributed by atoms with E-state index in [-0.39, 0.29) is 21.7 Å². The number of hydrogen-bond acceptors (Lipinski definition) is 1. The standard InChI is InChI=1S/C11H8ClF2N/c1-6-3-4-8(13)9(11(6)14)10(12)7(2)5-15/h3-4H,1-2H3/b10-7-. The molecule has 0 aliphatic heterocycles. The number of nitriles is 1. The Morgan fingerprint density at radius 3 is 2.53 bits per heavy atom. The molecule has 0 bridgehead atoms. The molecule has 0 saturated heterocycles. The predicted octanol–water partition coefficient (Wildman–Crippen LogP) is 3.77. The number of hydrogen-bond donors (Lipinski definition) is 0. The number of benzene rings is 1. The van der Waals surface area contributed by atoms with Crippen molar-refractivity contribution in [1.29, 1.82) is 5.26 Å². The first kappa shape index (κ1) is 11.7. The second-order valence-corrected chi connectivity index (χ2v) is 3.48. The molecule has 0 aliphatic rings. The molecule has 0 N–H and O–H groups in total. The normalized spacial score (nSPS) is 12.0. The van der Waals surface area contributed by atoms with Crippen LogP contribution in [0.5, 0.6) is 0 Å². The minimum atomic E-state index is -0.766. The lowest BCUT2D eigenvalue weighted by Crippen LogP contribution is -1.96. The fourth-order valence-electron chi connectivity index (χ4n) is 1.09. The fraction of sp³-hybridized carbons (Fsp3) is 0.182. The number of nitrogens with zero attached hydrogens (tertiary/aromatic N) is 1. The van der Waals surface area contributed by atoms with Crippen LogP contribution in [0.15, 0.2) is 17.7 Å². The molecule has 1 aromatic carbocycles. The van der Waals surface area contributed by atoms with E-state index in [9.17, 15) is 8.78 Å². The van der Waals surface area contributed by atoms with Gasteiger partial charge in [-0.3, -0.25) is 0 Å². The van der Waals surface area contributed by atoms with Crippen LogP contribution in [0, 0.1) is 29.9 Å². The van der Waals surface area contributed by atoms with Crippen LogP contribution in [-0.4, -0.2) is 0 Å². The molecule has 4 heteroatoms. The SMILES string of the molecule is C/C(C#N)=C(/Cl)c1c(F)ccc(C)c1F. The lowest BCUT2D eigenvalue weighted by molar-refractivity contribution is 0.572. The smallest absolute Gasteiger partial charge is 0.137 e. The van der Waals surface area contributed by atoms with E-state index >= 15 is 0 Å². The molecule has 78 valence electrons. The summed E-state index contributed by atoms with van der Waals surface area (Å²) in [4.78, 5) is 0. The minimum Gasteiger partial charge on any atom is -0.206 e. The molecule has 0 radical (unpaired) electrons. The average Bonchev–Trinajstić information content (AvgIpc) is 2.22. The molecular weight excluding hydrogens is 220 g/mol. The van der Waals surface area contributed by atoms with Gasteiger partial charge in [-0.05, 0) is 25.5 Å². The molecule has 0 amide bonds. The first-order valence-corrected chi connectivity index (χ1v) is 4.58. The molecule has 0 atom stereocenters. The molecule has 15 heavy (non-hydrogen) atoms. The zero-order valence-electron chi connectivity index (χ0n) is 8.24. The number of aryl methyl sites for hydroxylation is 1. The van der Waals surface area contributed by atoms with Gasteiger partial charge in [0.05, 0.1) is 16.7 Å². The van der Waals surface area contributed by atoms with Crippen molar-refractivity contribution in [2.24, 2.45) is 0 Å². The van der Waals surface area contributed by atoms with Crippen LogP contribution in [0.25, 0.3) is 5.03 Å². The van der Waals surface area contributed by atoms with E-state index in [0.717, 1.165) is 6.07 Å². The maximum absolute atomic E-state index is 13.5. The zero-order chi connectivity index (χ0) is 11.6. The monoisotopic (exact) mass is 227 g/mol. The molecule has 1 aromatic rings. The van der Waals surface area contributed by atoms with Gasteiger partial charge in [-0.1, -0.05) is 17.7 Å². The van der Waals surface area contributed by atoms with Crippen molar-refractivity contribution in [3.63, 3.8) is 0 Å². The average molecular weight is 228 g/mol. The topological polar surface area (TPSA) is 23.8 Å². The van der Waals surface area contributed by atoms with Crippen molar-refractivity contribution >= 4 is 16.6 Å². The third-order valence-corrected chi connectivity index (χ3v) is 2.47. The summed E-state index contributed by atoms with van der Waals surface area (Å²) >= 11 is 5.72. The molecule has 1 nitrogen and oxygen atoms in total. The van der Waals surface area contributed by atoms with Gasteiger partial charge in [0.2, 0.25) is 0 Å². The van der Waals surface area contributed by atoms with Crippen LogP contribution in [0.1, 0.15) is 18.1 Å². The molecule has 1 rings (SSSR count). The molecular formula is C11H8ClF2N. The van der Waals surface area contributed by atoms with Gasteiger partial charge in [0, 0.05) is 5.57 Å². The Bertz CT molecular complexity index is 472. The lowest BCUT2D eigenvalue weighted by atomic mass is 10.1. The first-order valence-electron chi connectivity index (χ1n) is 4.20. The van der Waals surface area contributed by atoms with E-state index in [1.807, 2.05) is 0 Å². The van der Waals surface area contributed by atoms with Crippen LogP contribution in [0.4, 0.5) is 8.78 Å². The number of halogens is 3. The Labute approximate surface area is 91.6 Å². The maximum Gasteiger partial charge on any atom is 0.137 e. The van der Waals surface area contributed by atoms with Gasteiger partial charge in [0.1, 0.15) is 11.6 Å². The van der Waals surface area contributed by atoms with Crippen molar-refractivity contribution in [3.05, 3.63) is 40.5 Å². The summed E-state index contributed by atoms with van der Waals surface area (Å²) in [6.45, 7) is 2.91. The minimum absolute atomic E-state index is 0.0834. The summed E-state index contributed by atoms with van der Waals surface area (Å²) in [7, 11) is 0. The van der Waals surface area contributed by atoms with Crippen LogP contribution in [0.3, 0.4) is 0 Å². The van der Waals surface area contributed by atoms with Gasteiger partial charge in [-0.2, -0.15) is 5.26 Å². The first-order chi connectivity index (χ1) is 6.99. The highest BCUT2D eigenvalue weighted by atomic mass is 35.5. The summed E-state index contributed by atoms with van der Waals surface area (Å²) in [5.74, 6) is -1.49. The van der Waals surface area contributed by atoms with E-state index < -0.39 is 11.6 Å². The highest BCUT2D eigenvalue weighted by molar-refractivity contribution is 6.49. The van der Waals surface area contributed by atoms with Crippen LogP contribution < -0.4 is 0 Å². The van der Waals surface area contributed by atoms with Crippen LogP contribution in [0.2, 0.25) is 0 Å². The highest BCUT2D eigenvalue weighted by Crippen LogP contribution is 2.29. The predicted molar refractivity (Wildman–Crippen MR) is 55.2 cm³/mol. The summed E-state index contributed by atoms with van der Waals surface area (Å²) in [5, 5.41) is 8.40. The summed E-state index contributed by atoms with van der Waals surface area (Å²) in [6, 6.07) is 4.20. The third kappa shape index (κ3) is 2.16. The Morgan fingerprint density at radius 2 is 2.00 bits per heavy atom. The molecule has 0 heterocycles. The molecule has 0 spiro atoms. The largest absolute Gasteiger partial charge is 0.206 e. The molecule has 0 fully saturated rings. The summed E-state index contributed by atoms with van der Waals surface area (Å²) in [5.41, 5.74) is 0.0334. The summed E-state index contributed by atoms with van der Waals surface area (Å²) in [6.07, 6.45) is 0. The lowest BCUT2D eigenvalue weighted by Gasteiger charge is -2.06. The Morgan fingerprint density at radius 1 is 1.40 bits per heavy atom. The van der Waals surface area contributed by atoms with E-state index in [1.54, 1.807) is 6.07 Å². The van der Waals surface area contributed by atoms with Crippen molar-refractivity contribution in [2.45, 2.75) is 13.8 Å². The van der Waals surface area contributed by atoms with E-state index in [1.165, 1.54) is 19.9 Å². The van der Waals surface area contributed by atoms with Crippen molar-refractivity contribution < 1.29 is 8.78 Å². The number of rotatable bonds is 1. The van der Waals surface area contributed by atoms with Crippen molar-refractivity contribution in [2.75, 3.05) is 0 Å². The van der Waals surface area contributed by atoms with Gasteiger partial charge in [-0.15, -0.1) is 0 Å². The van der Waals surface area contributed by atoms with E-state index in [2.05, 4.69) is 0 Å². The van der Waals surface area contributed by atoms with Crippen LogP contribution in [-0.2, 0) is 0 Å². The van der Waals surface area contributed by atoms with Crippen molar-refractivity contribution in [3.8, 4) is 6.07 Å². The van der Waals surface area contributed by atoms with Crippen molar-refractivity contribution in [1.82, 2.24) is 0 Å². The second-order valence-electron chi connectivity index (χ2n) is 3.10. The fourth-order valence-corrected chi connectivity index (χ4v) is 1.31. The van der Waals surface area contributed by atoms with Gasteiger partial charge in [0.15, 0.2) is 0 Å². The van der Waals surface area contributed by atoms with Gasteiger partial charge >= 0.3 is 0 Å². The Hall–Kier alpha value is -1.40. The quantitative estimate of drug-likeness (QED) is 0.670. The molecule has 0 aromatic heterocycles. The zero-order valence-corrected chi connectivity index (χ0v) is 8.99. The molecule has 0 aliphatic carbocycles. The van der Waals surface area contributed by atoms with E-state index in [0.29, 0.717) is 0 Å². The highest BCUT2D eigenvalue weighted by Gasteiger charge is 2.16. The third-order valence-electron chi connectivity index (χ3n) is 2.00. The van der Waals surface area contributed by atoms with Gasteiger partial charge in [0.25, 0.3) is 0 Å². The number of allylic oxidation sites excluding steroid dienone is 1.